The summed E-state index contributed by atoms with van der Waals surface area (Å²) in [5, 5.41) is 10.6. The molecule has 0 aromatic heterocycles. The number of esters is 1. The summed E-state index contributed by atoms with van der Waals surface area (Å²) in [5.74, 6) is -1.85. The average molecular weight is 450 g/mol. The van der Waals surface area contributed by atoms with Gasteiger partial charge in [0.05, 0.1) is 0 Å². The topological polar surface area (TPSA) is 65.0 Å². The minimum absolute atomic E-state index is 0.117. The van der Waals surface area contributed by atoms with Gasteiger partial charge in [-0.25, -0.2) is 4.79 Å². The van der Waals surface area contributed by atoms with E-state index in [1.807, 2.05) is 0 Å². The Bertz CT molecular complexity index is 875. The number of halogens is 6. The number of hydrogen-bond donors (Lipinski definition) is 1. The first-order valence-corrected chi connectivity index (χ1v) is 8.58. The smallest absolute Gasteiger partial charge is 0.456 e. The summed E-state index contributed by atoms with van der Waals surface area (Å²) >= 11 is 0. The zero-order valence-electron chi connectivity index (χ0n) is 15.6. The second-order valence-electron chi connectivity index (χ2n) is 6.14. The zero-order chi connectivity index (χ0) is 23.2. The molecule has 0 aliphatic carbocycles. The number of benzene rings is 2. The van der Waals surface area contributed by atoms with Gasteiger partial charge in [0.2, 0.25) is 0 Å². The number of alkyl halides is 6. The number of ether oxygens (including phenoxy) is 3. The molecule has 2 aromatic carbocycles. The number of carbonyl (C=O) groups excluding carboxylic acids is 1. The van der Waals surface area contributed by atoms with E-state index in [0.717, 1.165) is 42.5 Å². The Kier molecular flexibility index (Phi) is 7.55. The Balaban J connectivity index is 2.17. The van der Waals surface area contributed by atoms with Gasteiger partial charge in [-0.2, -0.15) is 0 Å². The predicted molar refractivity (Wildman–Crippen MR) is 95.0 cm³/mol. The first-order chi connectivity index (χ1) is 14.4. The lowest BCUT2D eigenvalue weighted by Crippen LogP contribution is -2.27. The van der Waals surface area contributed by atoms with Gasteiger partial charge >= 0.3 is 18.7 Å². The van der Waals surface area contributed by atoms with E-state index in [0.29, 0.717) is 5.56 Å². The van der Waals surface area contributed by atoms with Gasteiger partial charge in [0, 0.05) is 12.5 Å². The maximum Gasteiger partial charge on any atom is 0.573 e. The third-order valence-electron chi connectivity index (χ3n) is 3.84. The van der Waals surface area contributed by atoms with Crippen LogP contribution in [0, 0.1) is 0 Å². The fourth-order valence-electron chi connectivity index (χ4n) is 2.56. The fraction of sp³-hybridized carbons (Fsp3) is 0.250. The third kappa shape index (κ3) is 8.21. The molecule has 0 aliphatic rings. The van der Waals surface area contributed by atoms with Crippen molar-refractivity contribution in [2.24, 2.45) is 0 Å². The van der Waals surface area contributed by atoms with Crippen LogP contribution >= 0.6 is 0 Å². The lowest BCUT2D eigenvalue weighted by molar-refractivity contribution is -0.275. The Hall–Kier alpha value is -3.21. The first-order valence-electron chi connectivity index (χ1n) is 8.58. The van der Waals surface area contributed by atoms with E-state index in [9.17, 15) is 36.2 Å². The molecule has 0 saturated carbocycles. The molecule has 0 radical (unpaired) electrons. The molecule has 0 saturated heterocycles. The highest BCUT2D eigenvalue weighted by Crippen LogP contribution is 2.28. The second-order valence-corrected chi connectivity index (χ2v) is 6.14. The largest absolute Gasteiger partial charge is 0.573 e. The van der Waals surface area contributed by atoms with Gasteiger partial charge in [0.15, 0.2) is 0 Å². The van der Waals surface area contributed by atoms with Gasteiger partial charge in [0.1, 0.15) is 23.7 Å². The lowest BCUT2D eigenvalue weighted by atomic mass is 9.98. The van der Waals surface area contributed by atoms with Crippen molar-refractivity contribution in [2.45, 2.75) is 31.4 Å². The molecule has 2 unspecified atom stereocenters. The van der Waals surface area contributed by atoms with Crippen LogP contribution in [0.4, 0.5) is 26.3 Å². The summed E-state index contributed by atoms with van der Waals surface area (Å²) in [6, 6.07) is 8.91. The Labute approximate surface area is 172 Å². The Morgan fingerprint density at radius 3 is 1.77 bits per heavy atom. The predicted octanol–water partition coefficient (Wildman–Crippen LogP) is 4.86. The highest BCUT2D eigenvalue weighted by molar-refractivity contribution is 5.81. The Morgan fingerprint density at radius 1 is 0.903 bits per heavy atom. The van der Waals surface area contributed by atoms with Gasteiger partial charge in [-0.3, -0.25) is 0 Å². The summed E-state index contributed by atoms with van der Waals surface area (Å²) in [6.45, 7) is 3.24. The van der Waals surface area contributed by atoms with Crippen molar-refractivity contribution >= 4 is 5.97 Å². The molecule has 168 valence electrons. The van der Waals surface area contributed by atoms with Crippen LogP contribution < -0.4 is 9.47 Å². The summed E-state index contributed by atoms with van der Waals surface area (Å²) in [7, 11) is 0. The van der Waals surface area contributed by atoms with Crippen LogP contribution in [0.2, 0.25) is 0 Å². The minimum Gasteiger partial charge on any atom is -0.456 e. The zero-order valence-corrected chi connectivity index (χ0v) is 15.6. The Morgan fingerprint density at radius 2 is 1.35 bits per heavy atom. The molecule has 2 aromatic rings. The number of aliphatic hydroxyl groups excluding tert-OH is 1. The van der Waals surface area contributed by atoms with Crippen LogP contribution in [-0.2, 0) is 16.0 Å². The summed E-state index contributed by atoms with van der Waals surface area (Å²) in [5.41, 5.74) is 0.515. The molecule has 0 bridgehead atoms. The van der Waals surface area contributed by atoms with Gasteiger partial charge in [-0.1, -0.05) is 30.8 Å². The van der Waals surface area contributed by atoms with E-state index in [1.54, 1.807) is 0 Å². The van der Waals surface area contributed by atoms with Crippen molar-refractivity contribution in [3.63, 3.8) is 0 Å². The van der Waals surface area contributed by atoms with E-state index in [-0.39, 0.29) is 12.0 Å². The summed E-state index contributed by atoms with van der Waals surface area (Å²) < 4.78 is 86.2. The molecule has 11 heteroatoms. The summed E-state index contributed by atoms with van der Waals surface area (Å²) in [6.07, 6.45) is -11.7. The van der Waals surface area contributed by atoms with Crippen LogP contribution in [0.15, 0.2) is 61.2 Å². The van der Waals surface area contributed by atoms with Gasteiger partial charge in [-0.15, -0.1) is 26.3 Å². The van der Waals surface area contributed by atoms with E-state index >= 15 is 0 Å². The molecule has 0 amide bonds. The standard InChI is InChI=1S/C20H16F6O5/c1-2-17(27)29-16(11-12-3-7-14(8-4-12)30-19(21,22)23)18(28)13-5-9-15(10-6-13)31-20(24,25)26/h2-10,16,18,28H,1,11H2. The average Bonchev–Trinajstić information content (AvgIpc) is 2.66. The number of hydrogen-bond acceptors (Lipinski definition) is 5. The molecule has 0 fully saturated rings. The van der Waals surface area contributed by atoms with E-state index in [2.05, 4.69) is 16.1 Å². The fourth-order valence-corrected chi connectivity index (χ4v) is 2.56. The molecular weight excluding hydrogens is 434 g/mol. The molecular formula is C20H16F6O5. The van der Waals surface area contributed by atoms with Crippen molar-refractivity contribution in [3.05, 3.63) is 72.3 Å². The van der Waals surface area contributed by atoms with E-state index < -0.39 is 42.4 Å². The maximum atomic E-state index is 12.3. The molecule has 0 heterocycles. The first kappa shape index (κ1) is 24.1. The summed E-state index contributed by atoms with van der Waals surface area (Å²) in [4.78, 5) is 11.6. The minimum atomic E-state index is -4.88. The van der Waals surface area contributed by atoms with E-state index in [4.69, 9.17) is 4.74 Å². The third-order valence-corrected chi connectivity index (χ3v) is 3.84. The van der Waals surface area contributed by atoms with Crippen molar-refractivity contribution < 1.29 is 50.5 Å². The number of rotatable bonds is 8. The molecule has 5 nitrogen and oxygen atoms in total. The van der Waals surface area contributed by atoms with Crippen LogP contribution in [-0.4, -0.2) is 29.9 Å². The second kappa shape index (κ2) is 9.73. The van der Waals surface area contributed by atoms with Crippen LogP contribution in [0.3, 0.4) is 0 Å². The van der Waals surface area contributed by atoms with Crippen LogP contribution in [0.1, 0.15) is 17.2 Å². The van der Waals surface area contributed by atoms with Crippen molar-refractivity contribution in [1.82, 2.24) is 0 Å². The number of aliphatic hydroxyl groups is 1. The molecule has 0 aliphatic heterocycles. The van der Waals surface area contributed by atoms with E-state index in [1.165, 1.54) is 12.1 Å². The lowest BCUT2D eigenvalue weighted by Gasteiger charge is -2.23. The van der Waals surface area contributed by atoms with Crippen molar-refractivity contribution in [3.8, 4) is 11.5 Å². The van der Waals surface area contributed by atoms with Gasteiger partial charge in [0.25, 0.3) is 0 Å². The van der Waals surface area contributed by atoms with Crippen molar-refractivity contribution in [1.29, 1.82) is 0 Å². The van der Waals surface area contributed by atoms with Crippen LogP contribution in [0.25, 0.3) is 0 Å². The highest BCUT2D eigenvalue weighted by Gasteiger charge is 2.32. The van der Waals surface area contributed by atoms with Gasteiger partial charge < -0.3 is 19.3 Å². The molecule has 0 spiro atoms. The SMILES string of the molecule is C=CC(=O)OC(Cc1ccc(OC(F)(F)F)cc1)C(O)c1ccc(OC(F)(F)F)cc1. The molecule has 2 rings (SSSR count). The maximum absolute atomic E-state index is 12.3. The molecule has 2 atom stereocenters. The normalized spacial score (nSPS) is 13.8. The van der Waals surface area contributed by atoms with Crippen molar-refractivity contribution in [2.75, 3.05) is 0 Å². The van der Waals surface area contributed by atoms with Crippen LogP contribution in [0.5, 0.6) is 11.5 Å². The quantitative estimate of drug-likeness (QED) is 0.354. The molecule has 31 heavy (non-hydrogen) atoms. The monoisotopic (exact) mass is 450 g/mol. The number of carbonyl (C=O) groups is 1. The van der Waals surface area contributed by atoms with Gasteiger partial charge in [-0.05, 0) is 35.4 Å². The highest BCUT2D eigenvalue weighted by atomic mass is 19.4. The molecule has 1 N–H and O–H groups in total.